The standard InChI is InChI=1S/C18H16ClFN2OS2/c1-11-9-12(19)10-15-17(11)22-18(25-15)21-16(23)3-2-8-24-14-6-4-13(20)5-7-14/h4-7,9-10H,2-3,8H2,1H3,(H,21,22,23). The van der Waals surface area contributed by atoms with Gasteiger partial charge in [-0.05, 0) is 61.1 Å². The lowest BCUT2D eigenvalue weighted by atomic mass is 10.2. The van der Waals surface area contributed by atoms with Gasteiger partial charge in [0.2, 0.25) is 5.91 Å². The van der Waals surface area contributed by atoms with Crippen LogP contribution in [-0.2, 0) is 4.79 Å². The normalized spacial score (nSPS) is 11.0. The molecule has 0 spiro atoms. The summed E-state index contributed by atoms with van der Waals surface area (Å²) in [5.41, 5.74) is 1.87. The Morgan fingerprint density at radius 1 is 1.32 bits per heavy atom. The minimum absolute atomic E-state index is 0.0532. The highest BCUT2D eigenvalue weighted by atomic mass is 35.5. The molecule has 0 aliphatic carbocycles. The molecule has 0 bridgehead atoms. The van der Waals surface area contributed by atoms with E-state index >= 15 is 0 Å². The molecule has 3 aromatic rings. The van der Waals surface area contributed by atoms with Crippen LogP contribution < -0.4 is 5.32 Å². The third-order valence-corrected chi connectivity index (χ3v) is 5.76. The summed E-state index contributed by atoms with van der Waals surface area (Å²) in [5.74, 6) is 0.506. The molecule has 3 rings (SSSR count). The molecule has 25 heavy (non-hydrogen) atoms. The number of thiazole rings is 1. The molecule has 1 amide bonds. The Hall–Kier alpha value is -1.63. The van der Waals surface area contributed by atoms with Gasteiger partial charge in [0, 0.05) is 16.3 Å². The third kappa shape index (κ3) is 4.93. The van der Waals surface area contributed by atoms with Crippen molar-refractivity contribution in [2.45, 2.75) is 24.7 Å². The average molecular weight is 395 g/mol. The summed E-state index contributed by atoms with van der Waals surface area (Å²) in [6.45, 7) is 1.95. The highest BCUT2D eigenvalue weighted by Crippen LogP contribution is 2.31. The van der Waals surface area contributed by atoms with Gasteiger partial charge in [-0.1, -0.05) is 22.9 Å². The monoisotopic (exact) mass is 394 g/mol. The topological polar surface area (TPSA) is 42.0 Å². The number of nitrogens with one attached hydrogen (secondary N) is 1. The van der Waals surface area contributed by atoms with Crippen LogP contribution in [0, 0.1) is 12.7 Å². The van der Waals surface area contributed by atoms with Gasteiger partial charge in [0.15, 0.2) is 5.13 Å². The molecule has 0 radical (unpaired) electrons. The lowest BCUT2D eigenvalue weighted by Gasteiger charge is -2.02. The number of aromatic nitrogens is 1. The zero-order valence-corrected chi connectivity index (χ0v) is 15.9. The van der Waals surface area contributed by atoms with Gasteiger partial charge in [-0.25, -0.2) is 9.37 Å². The molecule has 2 aromatic carbocycles. The van der Waals surface area contributed by atoms with Gasteiger partial charge in [0.05, 0.1) is 10.2 Å². The van der Waals surface area contributed by atoms with E-state index in [1.165, 1.54) is 23.5 Å². The van der Waals surface area contributed by atoms with Crippen LogP contribution >= 0.6 is 34.7 Å². The van der Waals surface area contributed by atoms with E-state index in [9.17, 15) is 9.18 Å². The number of halogens is 2. The fourth-order valence-electron chi connectivity index (χ4n) is 2.34. The Kier molecular flexibility index (Phi) is 5.93. The number of carbonyl (C=O) groups excluding carboxylic acids is 1. The highest BCUT2D eigenvalue weighted by molar-refractivity contribution is 7.99. The number of carbonyl (C=O) groups is 1. The number of rotatable bonds is 6. The highest BCUT2D eigenvalue weighted by Gasteiger charge is 2.10. The lowest BCUT2D eigenvalue weighted by Crippen LogP contribution is -2.11. The number of benzene rings is 2. The summed E-state index contributed by atoms with van der Waals surface area (Å²) in [7, 11) is 0. The van der Waals surface area contributed by atoms with E-state index in [-0.39, 0.29) is 11.7 Å². The summed E-state index contributed by atoms with van der Waals surface area (Å²) >= 11 is 9.08. The van der Waals surface area contributed by atoms with Gasteiger partial charge in [-0.2, -0.15) is 0 Å². The molecular formula is C18H16ClFN2OS2. The van der Waals surface area contributed by atoms with Crippen LogP contribution in [-0.4, -0.2) is 16.6 Å². The molecule has 0 aliphatic heterocycles. The number of nitrogens with zero attached hydrogens (tertiary/aromatic N) is 1. The maximum atomic E-state index is 12.8. The first-order valence-electron chi connectivity index (χ1n) is 7.76. The summed E-state index contributed by atoms with van der Waals surface area (Å²) in [6, 6.07) is 10.1. The molecule has 0 aliphatic rings. The van der Waals surface area contributed by atoms with Crippen molar-refractivity contribution in [1.29, 1.82) is 0 Å². The molecule has 1 heterocycles. The van der Waals surface area contributed by atoms with Crippen molar-refractivity contribution < 1.29 is 9.18 Å². The van der Waals surface area contributed by atoms with Crippen LogP contribution in [0.3, 0.4) is 0 Å². The van der Waals surface area contributed by atoms with E-state index in [0.29, 0.717) is 16.6 Å². The number of hydrogen-bond donors (Lipinski definition) is 1. The van der Waals surface area contributed by atoms with E-state index in [0.717, 1.165) is 32.8 Å². The van der Waals surface area contributed by atoms with Gasteiger partial charge < -0.3 is 5.32 Å². The molecule has 0 fully saturated rings. The summed E-state index contributed by atoms with van der Waals surface area (Å²) in [4.78, 5) is 17.5. The van der Waals surface area contributed by atoms with Crippen molar-refractivity contribution in [1.82, 2.24) is 4.98 Å². The van der Waals surface area contributed by atoms with Crippen LogP contribution in [0.2, 0.25) is 5.02 Å². The predicted octanol–water partition coefficient (Wildman–Crippen LogP) is 5.91. The van der Waals surface area contributed by atoms with E-state index < -0.39 is 0 Å². The van der Waals surface area contributed by atoms with Crippen LogP contribution in [0.15, 0.2) is 41.3 Å². The first kappa shape index (κ1) is 18.2. The van der Waals surface area contributed by atoms with Crippen molar-refractivity contribution in [2.24, 2.45) is 0 Å². The SMILES string of the molecule is Cc1cc(Cl)cc2sc(NC(=O)CCCSc3ccc(F)cc3)nc12. The molecule has 1 aromatic heterocycles. The van der Waals surface area contributed by atoms with Gasteiger partial charge in [0.1, 0.15) is 5.82 Å². The van der Waals surface area contributed by atoms with Gasteiger partial charge >= 0.3 is 0 Å². The van der Waals surface area contributed by atoms with E-state index in [1.54, 1.807) is 23.9 Å². The molecule has 130 valence electrons. The number of amides is 1. The smallest absolute Gasteiger partial charge is 0.226 e. The maximum Gasteiger partial charge on any atom is 0.226 e. The second-order valence-corrected chi connectivity index (χ2v) is 8.18. The Morgan fingerprint density at radius 3 is 2.84 bits per heavy atom. The number of fused-ring (bicyclic) bond motifs is 1. The molecule has 0 unspecified atom stereocenters. The second kappa shape index (κ2) is 8.17. The van der Waals surface area contributed by atoms with Gasteiger partial charge in [-0.15, -0.1) is 11.8 Å². The first-order chi connectivity index (χ1) is 12.0. The van der Waals surface area contributed by atoms with Gasteiger partial charge in [-0.3, -0.25) is 4.79 Å². The Balaban J connectivity index is 1.49. The fraction of sp³-hybridized carbons (Fsp3) is 0.222. The minimum Gasteiger partial charge on any atom is -0.302 e. The Morgan fingerprint density at radius 2 is 2.08 bits per heavy atom. The summed E-state index contributed by atoms with van der Waals surface area (Å²) < 4.78 is 13.8. The van der Waals surface area contributed by atoms with Crippen LogP contribution in [0.1, 0.15) is 18.4 Å². The lowest BCUT2D eigenvalue weighted by molar-refractivity contribution is -0.116. The van der Waals surface area contributed by atoms with E-state index in [2.05, 4.69) is 10.3 Å². The largest absolute Gasteiger partial charge is 0.302 e. The average Bonchev–Trinajstić information content (AvgIpc) is 2.96. The van der Waals surface area contributed by atoms with Gasteiger partial charge in [0.25, 0.3) is 0 Å². The molecule has 7 heteroatoms. The first-order valence-corrected chi connectivity index (χ1v) is 9.94. The predicted molar refractivity (Wildman–Crippen MR) is 104 cm³/mol. The number of thioether (sulfide) groups is 1. The molecule has 3 nitrogen and oxygen atoms in total. The van der Waals surface area contributed by atoms with Crippen molar-refractivity contribution >= 4 is 56.0 Å². The van der Waals surface area contributed by atoms with Crippen molar-refractivity contribution in [3.63, 3.8) is 0 Å². The summed E-state index contributed by atoms with van der Waals surface area (Å²) in [6.07, 6.45) is 1.16. The fourth-order valence-corrected chi connectivity index (χ4v) is 4.53. The molecule has 0 saturated heterocycles. The zero-order valence-electron chi connectivity index (χ0n) is 13.5. The van der Waals surface area contributed by atoms with Crippen molar-refractivity contribution in [3.05, 3.63) is 52.8 Å². The van der Waals surface area contributed by atoms with Crippen LogP contribution in [0.5, 0.6) is 0 Å². The van der Waals surface area contributed by atoms with Crippen LogP contribution in [0.25, 0.3) is 10.2 Å². The molecule has 0 saturated carbocycles. The van der Waals surface area contributed by atoms with Crippen molar-refractivity contribution in [3.8, 4) is 0 Å². The zero-order chi connectivity index (χ0) is 17.8. The second-order valence-electron chi connectivity index (χ2n) is 5.54. The van der Waals surface area contributed by atoms with E-state index in [4.69, 9.17) is 11.6 Å². The Bertz CT molecular complexity index is 896. The quantitative estimate of drug-likeness (QED) is 0.417. The molecular weight excluding hydrogens is 379 g/mol. The number of hydrogen-bond acceptors (Lipinski definition) is 4. The van der Waals surface area contributed by atoms with Crippen LogP contribution in [0.4, 0.5) is 9.52 Å². The third-order valence-electron chi connectivity index (χ3n) is 3.53. The molecule has 1 N–H and O–H groups in total. The maximum absolute atomic E-state index is 12.8. The van der Waals surface area contributed by atoms with Crippen molar-refractivity contribution in [2.75, 3.05) is 11.1 Å². The van der Waals surface area contributed by atoms with E-state index in [1.807, 2.05) is 19.1 Å². The molecule has 0 atom stereocenters. The minimum atomic E-state index is -0.240. The number of anilines is 1. The summed E-state index contributed by atoms with van der Waals surface area (Å²) in [5, 5.41) is 4.12. The Labute approximate surface area is 158 Å². The number of aryl methyl sites for hydroxylation is 1.